The highest BCUT2D eigenvalue weighted by Gasteiger charge is 2.41. The van der Waals surface area contributed by atoms with Gasteiger partial charge in [0.05, 0.1) is 6.04 Å². The van der Waals surface area contributed by atoms with Gasteiger partial charge in [-0.15, -0.1) is 0 Å². The second-order valence-corrected chi connectivity index (χ2v) is 8.79. The minimum absolute atomic E-state index is 0.105. The topological polar surface area (TPSA) is 15.7 Å². The van der Waals surface area contributed by atoms with Crippen LogP contribution in [0.1, 0.15) is 30.1 Å². The van der Waals surface area contributed by atoms with Crippen LogP contribution in [-0.2, 0) is 6.42 Å². The summed E-state index contributed by atoms with van der Waals surface area (Å²) in [6.45, 7) is 1.97. The zero-order valence-corrected chi connectivity index (χ0v) is 17.7. The number of benzene rings is 2. The Kier molecular flexibility index (Phi) is 5.84. The number of fused-ring (bicyclic) bond motifs is 1. The minimum atomic E-state index is -0.354. The lowest BCUT2D eigenvalue weighted by Gasteiger charge is -2.41. The summed E-state index contributed by atoms with van der Waals surface area (Å²) in [5.74, 6) is -0.0877. The van der Waals surface area contributed by atoms with Gasteiger partial charge in [-0.2, -0.15) is 0 Å². The number of halogens is 3. The maximum Gasteiger partial charge on any atom is 0.165 e. The first-order chi connectivity index (χ1) is 13.4. The maximum atomic E-state index is 14.3. The van der Waals surface area contributed by atoms with Gasteiger partial charge in [0.15, 0.2) is 11.6 Å². The first-order valence-electron chi connectivity index (χ1n) is 9.73. The predicted molar refractivity (Wildman–Crippen MR) is 112 cm³/mol. The van der Waals surface area contributed by atoms with Crippen molar-refractivity contribution in [3.63, 3.8) is 0 Å². The number of piperidine rings is 1. The van der Waals surface area contributed by atoms with Crippen molar-refractivity contribution in [1.29, 1.82) is 0 Å². The van der Waals surface area contributed by atoms with Crippen molar-refractivity contribution >= 4 is 23.2 Å². The zero-order valence-electron chi connectivity index (χ0n) is 16.2. The Bertz CT molecular complexity index is 860. The first-order valence-corrected chi connectivity index (χ1v) is 10.5. The summed E-state index contributed by atoms with van der Waals surface area (Å²) < 4.78 is 20.6. The highest BCUT2D eigenvalue weighted by Crippen LogP contribution is 2.43. The molecule has 0 unspecified atom stereocenters. The van der Waals surface area contributed by atoms with Crippen LogP contribution in [0.25, 0.3) is 0 Å². The van der Waals surface area contributed by atoms with Crippen LogP contribution >= 0.6 is 23.2 Å². The fourth-order valence-electron chi connectivity index (χ4n) is 4.46. The highest BCUT2D eigenvalue weighted by molar-refractivity contribution is 6.35. The Labute approximate surface area is 176 Å². The van der Waals surface area contributed by atoms with Crippen LogP contribution in [0.3, 0.4) is 0 Å². The second-order valence-electron chi connectivity index (χ2n) is 7.95. The molecule has 28 heavy (non-hydrogen) atoms. The van der Waals surface area contributed by atoms with Gasteiger partial charge >= 0.3 is 0 Å². The lowest BCUT2D eigenvalue weighted by Crippen LogP contribution is -2.51. The number of hydrogen-bond donors (Lipinski definition) is 0. The zero-order chi connectivity index (χ0) is 19.8. The Morgan fingerprint density at radius 3 is 2.71 bits per heavy atom. The van der Waals surface area contributed by atoms with Gasteiger partial charge in [-0.25, -0.2) is 4.39 Å². The molecule has 1 fully saturated rings. The van der Waals surface area contributed by atoms with E-state index in [4.69, 9.17) is 27.9 Å². The SMILES string of the molecule is CN(C)[C@@H]1CCCN([C@H]2Cc3c(Cl)cc(Cl)cc3[C@@H]2Oc2ccccc2F)C1. The Morgan fingerprint density at radius 1 is 1.18 bits per heavy atom. The lowest BCUT2D eigenvalue weighted by molar-refractivity contribution is 0.0365. The Morgan fingerprint density at radius 2 is 1.96 bits per heavy atom. The van der Waals surface area contributed by atoms with Gasteiger partial charge in [0.1, 0.15) is 6.10 Å². The fraction of sp³-hybridized carbons (Fsp3) is 0.455. The first kappa shape index (κ1) is 20.0. The number of para-hydroxylation sites is 1. The molecular weight excluding hydrogens is 398 g/mol. The van der Waals surface area contributed by atoms with Gasteiger partial charge < -0.3 is 9.64 Å². The van der Waals surface area contributed by atoms with Gasteiger partial charge in [-0.05, 0) is 69.7 Å². The van der Waals surface area contributed by atoms with E-state index in [9.17, 15) is 4.39 Å². The van der Waals surface area contributed by atoms with Gasteiger partial charge in [0, 0.05) is 28.2 Å². The average Bonchev–Trinajstić information content (AvgIpc) is 3.02. The van der Waals surface area contributed by atoms with E-state index in [1.165, 1.54) is 12.5 Å². The molecule has 0 amide bonds. The van der Waals surface area contributed by atoms with Crippen LogP contribution in [0.5, 0.6) is 5.75 Å². The van der Waals surface area contributed by atoms with E-state index < -0.39 is 0 Å². The van der Waals surface area contributed by atoms with Crippen LogP contribution in [-0.4, -0.2) is 49.1 Å². The van der Waals surface area contributed by atoms with Gasteiger partial charge in [0.2, 0.25) is 0 Å². The third-order valence-corrected chi connectivity index (χ3v) is 6.54. The largest absolute Gasteiger partial charge is 0.481 e. The van der Waals surface area contributed by atoms with E-state index >= 15 is 0 Å². The highest BCUT2D eigenvalue weighted by atomic mass is 35.5. The van der Waals surface area contributed by atoms with Crippen molar-refractivity contribution in [2.75, 3.05) is 27.2 Å². The van der Waals surface area contributed by atoms with E-state index in [0.717, 1.165) is 37.1 Å². The monoisotopic (exact) mass is 422 g/mol. The molecule has 1 aliphatic heterocycles. The van der Waals surface area contributed by atoms with Gasteiger partial charge in [0.25, 0.3) is 0 Å². The molecule has 0 N–H and O–H groups in total. The molecule has 0 spiro atoms. The van der Waals surface area contributed by atoms with Crippen molar-refractivity contribution in [1.82, 2.24) is 9.80 Å². The number of nitrogens with zero attached hydrogens (tertiary/aromatic N) is 2. The number of rotatable bonds is 4. The lowest BCUT2D eigenvalue weighted by atomic mass is 10.0. The molecule has 0 radical (unpaired) electrons. The van der Waals surface area contributed by atoms with E-state index in [1.807, 2.05) is 6.07 Å². The average molecular weight is 423 g/mol. The summed E-state index contributed by atoms with van der Waals surface area (Å²) in [4.78, 5) is 4.76. The maximum absolute atomic E-state index is 14.3. The Balaban J connectivity index is 1.69. The van der Waals surface area contributed by atoms with Crippen LogP contribution < -0.4 is 4.74 Å². The number of ether oxygens (including phenoxy) is 1. The van der Waals surface area contributed by atoms with Crippen LogP contribution in [0.15, 0.2) is 36.4 Å². The molecule has 1 aliphatic carbocycles. The van der Waals surface area contributed by atoms with Crippen molar-refractivity contribution < 1.29 is 9.13 Å². The van der Waals surface area contributed by atoms with Crippen LogP contribution in [0.4, 0.5) is 4.39 Å². The quantitative estimate of drug-likeness (QED) is 0.672. The van der Waals surface area contributed by atoms with E-state index in [2.05, 4.69) is 23.9 Å². The van der Waals surface area contributed by atoms with Crippen molar-refractivity contribution in [2.24, 2.45) is 0 Å². The smallest absolute Gasteiger partial charge is 0.165 e. The third kappa shape index (κ3) is 3.88. The fourth-order valence-corrected chi connectivity index (χ4v) is 5.05. The molecule has 1 saturated heterocycles. The molecule has 2 aromatic carbocycles. The van der Waals surface area contributed by atoms with Crippen molar-refractivity contribution in [2.45, 2.75) is 37.5 Å². The minimum Gasteiger partial charge on any atom is -0.481 e. The molecule has 6 heteroatoms. The molecule has 0 saturated carbocycles. The standard InChI is InChI=1S/C22H25Cl2FN2O/c1-26(2)15-6-5-9-27(13-15)20-12-16-17(10-14(23)11-18(16)24)22(20)28-21-8-4-3-7-19(21)25/h3-4,7-8,10-11,15,20,22H,5-6,9,12-13H2,1-2H3/t15-,20+,22+/m1/s1. The second kappa shape index (κ2) is 8.19. The molecule has 3 atom stereocenters. The summed E-state index contributed by atoms with van der Waals surface area (Å²) in [5, 5.41) is 1.24. The number of hydrogen-bond acceptors (Lipinski definition) is 3. The van der Waals surface area contributed by atoms with Crippen LogP contribution in [0, 0.1) is 5.82 Å². The van der Waals surface area contributed by atoms with Gasteiger partial charge in [-0.3, -0.25) is 4.90 Å². The molecule has 0 aromatic heterocycles. The number of likely N-dealkylation sites (N-methyl/N-ethyl adjacent to an activating group) is 1. The molecule has 150 valence electrons. The molecule has 4 rings (SSSR count). The van der Waals surface area contributed by atoms with Crippen molar-refractivity contribution in [3.05, 3.63) is 63.4 Å². The predicted octanol–water partition coefficient (Wildman–Crippen LogP) is 5.20. The number of likely N-dealkylation sites (tertiary alicyclic amines) is 1. The van der Waals surface area contributed by atoms with Gasteiger partial charge in [-0.1, -0.05) is 35.3 Å². The van der Waals surface area contributed by atoms with E-state index in [1.54, 1.807) is 24.3 Å². The van der Waals surface area contributed by atoms with E-state index in [-0.39, 0.29) is 23.7 Å². The molecular formula is C22H25Cl2FN2O. The Hall–Kier alpha value is -1.33. The van der Waals surface area contributed by atoms with Crippen molar-refractivity contribution in [3.8, 4) is 5.75 Å². The molecule has 2 aliphatic rings. The summed E-state index contributed by atoms with van der Waals surface area (Å²) >= 11 is 12.8. The molecule has 2 aromatic rings. The molecule has 1 heterocycles. The van der Waals surface area contributed by atoms with E-state index in [0.29, 0.717) is 16.1 Å². The summed E-state index contributed by atoms with van der Waals surface area (Å²) in [6, 6.07) is 10.9. The molecule has 3 nitrogen and oxygen atoms in total. The van der Waals surface area contributed by atoms with Crippen LogP contribution in [0.2, 0.25) is 10.0 Å². The normalized spacial score (nSPS) is 25.1. The third-order valence-electron chi connectivity index (χ3n) is 5.98. The molecule has 0 bridgehead atoms. The summed E-state index contributed by atoms with van der Waals surface area (Å²) in [5.41, 5.74) is 2.03. The summed E-state index contributed by atoms with van der Waals surface area (Å²) in [7, 11) is 4.25. The summed E-state index contributed by atoms with van der Waals surface area (Å²) in [6.07, 6.45) is 2.81.